The van der Waals surface area contributed by atoms with Gasteiger partial charge in [0.15, 0.2) is 0 Å². The van der Waals surface area contributed by atoms with Crippen LogP contribution in [0.2, 0.25) is 0 Å². The Morgan fingerprint density at radius 1 is 1.57 bits per heavy atom. The van der Waals surface area contributed by atoms with Crippen molar-refractivity contribution in [3.63, 3.8) is 0 Å². The number of rotatable bonds is 7. The maximum absolute atomic E-state index is 11.1. The average molecular weight is 197 g/mol. The largest absolute Gasteiger partial charge is 0.405 e. The zero-order valence-electron chi connectivity index (χ0n) is 7.98. The maximum atomic E-state index is 11.1. The van der Waals surface area contributed by atoms with Crippen molar-refractivity contribution < 1.29 is 9.59 Å². The van der Waals surface area contributed by atoms with Gasteiger partial charge in [-0.1, -0.05) is 6.58 Å². The summed E-state index contributed by atoms with van der Waals surface area (Å²) in [5.74, 6) is -0.128. The molecule has 3 N–H and O–H groups in total. The minimum absolute atomic E-state index is 0.128. The highest BCUT2D eigenvalue weighted by Gasteiger charge is 2.01. The van der Waals surface area contributed by atoms with Gasteiger partial charge < -0.3 is 16.0 Å². The van der Waals surface area contributed by atoms with E-state index < -0.39 is 0 Å². The Kier molecular flexibility index (Phi) is 6.85. The summed E-state index contributed by atoms with van der Waals surface area (Å²) in [4.78, 5) is 22.7. The Hall–Kier alpha value is -1.78. The molecule has 0 unspecified atom stereocenters. The Bertz CT molecular complexity index is 218. The lowest BCUT2D eigenvalue weighted by Gasteiger charge is -2.10. The summed E-state index contributed by atoms with van der Waals surface area (Å²) in [5.41, 5.74) is 5.08. The predicted octanol–water partition coefficient (Wildman–Crippen LogP) is -0.433. The summed E-state index contributed by atoms with van der Waals surface area (Å²) in [5, 5.41) is 2.60. The normalized spacial score (nSPS) is 9.71. The number of carbonyl (C=O) groups is 2. The van der Waals surface area contributed by atoms with Crippen LogP contribution in [-0.2, 0) is 9.59 Å². The third kappa shape index (κ3) is 5.82. The lowest BCUT2D eigenvalue weighted by Crippen LogP contribution is -2.27. The molecular formula is C9H15N3O2. The first-order chi connectivity index (χ1) is 6.74. The van der Waals surface area contributed by atoms with Crippen LogP contribution in [0.5, 0.6) is 0 Å². The number of nitrogens with two attached hydrogens (primary N) is 1. The molecule has 0 spiro atoms. The first kappa shape index (κ1) is 12.2. The zero-order chi connectivity index (χ0) is 10.8. The molecule has 0 radical (unpaired) electrons. The highest BCUT2D eigenvalue weighted by molar-refractivity contribution is 5.76. The zero-order valence-corrected chi connectivity index (χ0v) is 7.98. The summed E-state index contributed by atoms with van der Waals surface area (Å²) in [6, 6.07) is 0. The van der Waals surface area contributed by atoms with E-state index in [1.54, 1.807) is 6.08 Å². The van der Waals surface area contributed by atoms with Crippen LogP contribution >= 0.6 is 0 Å². The van der Waals surface area contributed by atoms with Crippen molar-refractivity contribution in [2.75, 3.05) is 13.1 Å². The van der Waals surface area contributed by atoms with Crippen molar-refractivity contribution in [1.82, 2.24) is 10.2 Å². The fourth-order valence-corrected chi connectivity index (χ4v) is 0.747. The van der Waals surface area contributed by atoms with Gasteiger partial charge in [-0.05, 0) is 18.5 Å². The van der Waals surface area contributed by atoms with E-state index in [9.17, 15) is 9.59 Å². The Morgan fingerprint density at radius 2 is 2.29 bits per heavy atom. The fourth-order valence-electron chi connectivity index (χ4n) is 0.747. The number of hydrogen-bond donors (Lipinski definition) is 2. The van der Waals surface area contributed by atoms with Gasteiger partial charge in [0.1, 0.15) is 0 Å². The molecule has 0 aliphatic rings. The number of nitrogens with one attached hydrogen (secondary N) is 1. The predicted molar refractivity (Wildman–Crippen MR) is 53.9 cm³/mol. The summed E-state index contributed by atoms with van der Waals surface area (Å²) >= 11 is 0. The molecule has 0 aliphatic heterocycles. The smallest absolute Gasteiger partial charge is 0.222 e. The van der Waals surface area contributed by atoms with E-state index >= 15 is 0 Å². The minimum atomic E-state index is -0.128. The second-order valence-corrected chi connectivity index (χ2v) is 2.51. The van der Waals surface area contributed by atoms with Gasteiger partial charge in [0.25, 0.3) is 0 Å². The van der Waals surface area contributed by atoms with E-state index in [2.05, 4.69) is 11.9 Å². The van der Waals surface area contributed by atoms with E-state index in [0.29, 0.717) is 19.5 Å². The van der Waals surface area contributed by atoms with Crippen molar-refractivity contribution in [1.29, 1.82) is 0 Å². The van der Waals surface area contributed by atoms with Crippen LogP contribution in [-0.4, -0.2) is 30.3 Å². The summed E-state index contributed by atoms with van der Waals surface area (Å²) in [6.07, 6.45) is 5.24. The molecular weight excluding hydrogens is 182 g/mol. The second kappa shape index (κ2) is 7.85. The first-order valence-electron chi connectivity index (χ1n) is 4.21. The van der Waals surface area contributed by atoms with Crippen LogP contribution in [0.1, 0.15) is 6.42 Å². The van der Waals surface area contributed by atoms with Gasteiger partial charge in [0, 0.05) is 19.5 Å². The summed E-state index contributed by atoms with van der Waals surface area (Å²) < 4.78 is 0. The quantitative estimate of drug-likeness (QED) is 0.544. The molecule has 0 aromatic heterocycles. The van der Waals surface area contributed by atoms with Crippen molar-refractivity contribution in [2.45, 2.75) is 6.42 Å². The van der Waals surface area contributed by atoms with Crippen LogP contribution < -0.4 is 11.1 Å². The van der Waals surface area contributed by atoms with Gasteiger partial charge in [-0.2, -0.15) is 0 Å². The van der Waals surface area contributed by atoms with E-state index in [4.69, 9.17) is 5.73 Å². The monoisotopic (exact) mass is 197 g/mol. The van der Waals surface area contributed by atoms with Gasteiger partial charge in [-0.15, -0.1) is 0 Å². The molecule has 0 aromatic carbocycles. The van der Waals surface area contributed by atoms with Crippen molar-refractivity contribution in [2.24, 2.45) is 5.73 Å². The summed E-state index contributed by atoms with van der Waals surface area (Å²) in [7, 11) is 0. The minimum Gasteiger partial charge on any atom is -0.405 e. The molecule has 0 heterocycles. The van der Waals surface area contributed by atoms with Crippen molar-refractivity contribution in [3.8, 4) is 0 Å². The van der Waals surface area contributed by atoms with Gasteiger partial charge >= 0.3 is 0 Å². The lowest BCUT2D eigenvalue weighted by molar-refractivity contribution is -0.121. The first-order valence-corrected chi connectivity index (χ1v) is 4.21. The molecule has 14 heavy (non-hydrogen) atoms. The molecule has 2 amide bonds. The Labute approximate surface area is 83.3 Å². The van der Waals surface area contributed by atoms with E-state index in [1.165, 1.54) is 17.3 Å². The SMILES string of the molecule is C=CN(C=O)CCC(=O)NCC=CN. The molecule has 0 aliphatic carbocycles. The average Bonchev–Trinajstić information content (AvgIpc) is 2.20. The third-order valence-corrected chi connectivity index (χ3v) is 1.52. The molecule has 5 heteroatoms. The van der Waals surface area contributed by atoms with E-state index in [0.717, 1.165) is 0 Å². The molecule has 78 valence electrons. The van der Waals surface area contributed by atoms with Gasteiger partial charge in [-0.3, -0.25) is 9.59 Å². The second-order valence-electron chi connectivity index (χ2n) is 2.51. The maximum Gasteiger partial charge on any atom is 0.222 e. The highest BCUT2D eigenvalue weighted by Crippen LogP contribution is 1.87. The van der Waals surface area contributed by atoms with Crippen LogP contribution in [0.3, 0.4) is 0 Å². The molecule has 0 aromatic rings. The highest BCUT2D eigenvalue weighted by atomic mass is 16.2. The topological polar surface area (TPSA) is 75.4 Å². The lowest BCUT2D eigenvalue weighted by atomic mass is 10.3. The number of carbonyl (C=O) groups excluding carboxylic acids is 2. The van der Waals surface area contributed by atoms with Gasteiger partial charge in [-0.25, -0.2) is 0 Å². The molecule has 0 bridgehead atoms. The van der Waals surface area contributed by atoms with Crippen LogP contribution in [0.15, 0.2) is 25.1 Å². The number of nitrogens with zero attached hydrogens (tertiary/aromatic N) is 1. The third-order valence-electron chi connectivity index (χ3n) is 1.52. The number of hydrogen-bond acceptors (Lipinski definition) is 3. The molecule has 0 atom stereocenters. The fraction of sp³-hybridized carbons (Fsp3) is 0.333. The van der Waals surface area contributed by atoms with Gasteiger partial charge in [0.2, 0.25) is 12.3 Å². The molecule has 5 nitrogen and oxygen atoms in total. The Morgan fingerprint density at radius 3 is 2.79 bits per heavy atom. The summed E-state index contributed by atoms with van der Waals surface area (Å²) in [6.45, 7) is 4.17. The van der Waals surface area contributed by atoms with Crippen LogP contribution in [0.4, 0.5) is 0 Å². The molecule has 0 fully saturated rings. The number of amides is 2. The Balaban J connectivity index is 3.62. The van der Waals surface area contributed by atoms with Crippen LogP contribution in [0.25, 0.3) is 0 Å². The standard InChI is InChI=1S/C9H15N3O2/c1-2-12(8-13)7-4-9(14)11-6-3-5-10/h2-3,5,8H,1,4,6-7,10H2,(H,11,14). The molecule has 0 saturated heterocycles. The molecule has 0 rings (SSSR count). The van der Waals surface area contributed by atoms with Crippen molar-refractivity contribution in [3.05, 3.63) is 25.1 Å². The van der Waals surface area contributed by atoms with E-state index in [-0.39, 0.29) is 12.3 Å². The molecule has 0 saturated carbocycles. The van der Waals surface area contributed by atoms with Crippen LogP contribution in [0, 0.1) is 0 Å². The van der Waals surface area contributed by atoms with E-state index in [1.807, 2.05) is 0 Å². The van der Waals surface area contributed by atoms with Gasteiger partial charge in [0.05, 0.1) is 0 Å². The van der Waals surface area contributed by atoms with Crippen molar-refractivity contribution >= 4 is 12.3 Å².